The van der Waals surface area contributed by atoms with Gasteiger partial charge >= 0.3 is 0 Å². The molecule has 1 aromatic carbocycles. The Morgan fingerprint density at radius 1 is 1.21 bits per heavy atom. The molecule has 1 fully saturated rings. The van der Waals surface area contributed by atoms with Crippen molar-refractivity contribution in [2.24, 2.45) is 11.5 Å². The largest absolute Gasteiger partial charge is 0.373 e. The van der Waals surface area contributed by atoms with E-state index in [1.807, 2.05) is 24.3 Å². The number of ether oxygens (including phenoxy) is 1. The molecule has 1 heterocycles. The molecule has 4 N–H and O–H groups in total. The van der Waals surface area contributed by atoms with Gasteiger partial charge in [0.2, 0.25) is 0 Å². The van der Waals surface area contributed by atoms with Gasteiger partial charge in [0.1, 0.15) is 0 Å². The Bertz CT molecular complexity index is 249. The van der Waals surface area contributed by atoms with E-state index in [1.165, 1.54) is 0 Å². The van der Waals surface area contributed by atoms with Gasteiger partial charge in [0.25, 0.3) is 0 Å². The third-order valence-electron chi connectivity index (χ3n) is 2.06. The Hall–Kier alpha value is -0.900. The predicted molar refractivity (Wildman–Crippen MR) is 57.6 cm³/mol. The lowest BCUT2D eigenvalue weighted by molar-refractivity contribution is 0.423. The van der Waals surface area contributed by atoms with Gasteiger partial charge in [-0.15, -0.1) is 0 Å². The van der Waals surface area contributed by atoms with Crippen LogP contribution in [0.1, 0.15) is 18.1 Å². The van der Waals surface area contributed by atoms with Crippen LogP contribution in [0.5, 0.6) is 0 Å². The van der Waals surface area contributed by atoms with E-state index in [-0.39, 0.29) is 0 Å². The van der Waals surface area contributed by atoms with Crippen LogP contribution >= 0.6 is 0 Å². The van der Waals surface area contributed by atoms with Crippen molar-refractivity contribution in [3.8, 4) is 0 Å². The highest BCUT2D eigenvalue weighted by Gasteiger charge is 2.13. The minimum absolute atomic E-state index is 0.577. The number of nitrogens with two attached hydrogens (primary N) is 2. The zero-order valence-electron chi connectivity index (χ0n) is 8.57. The second kappa shape index (κ2) is 5.75. The molecule has 3 heteroatoms. The number of hydrogen-bond acceptors (Lipinski definition) is 3. The molecular weight excluding hydrogens is 176 g/mol. The van der Waals surface area contributed by atoms with E-state index < -0.39 is 0 Å². The highest BCUT2D eigenvalue weighted by atomic mass is 16.6. The van der Waals surface area contributed by atoms with Crippen LogP contribution in [0.3, 0.4) is 0 Å². The molecule has 0 amide bonds. The zero-order valence-corrected chi connectivity index (χ0v) is 8.57. The van der Waals surface area contributed by atoms with E-state index in [4.69, 9.17) is 16.2 Å². The second-order valence-corrected chi connectivity index (χ2v) is 3.32. The summed E-state index contributed by atoms with van der Waals surface area (Å²) in [6, 6.07) is 7.95. The first-order chi connectivity index (χ1) is 6.77. The first kappa shape index (κ1) is 11.2. The summed E-state index contributed by atoms with van der Waals surface area (Å²) < 4.78 is 4.71. The van der Waals surface area contributed by atoms with Crippen molar-refractivity contribution in [3.63, 3.8) is 0 Å². The summed E-state index contributed by atoms with van der Waals surface area (Å²) in [4.78, 5) is 0. The fourth-order valence-corrected chi connectivity index (χ4v) is 1.05. The monoisotopic (exact) mass is 194 g/mol. The van der Waals surface area contributed by atoms with Crippen molar-refractivity contribution in [2.45, 2.75) is 26.1 Å². The Morgan fingerprint density at radius 2 is 1.57 bits per heavy atom. The average Bonchev–Trinajstić information content (AvgIpc) is 3.01. The van der Waals surface area contributed by atoms with Crippen LogP contribution in [0.4, 0.5) is 0 Å². The summed E-state index contributed by atoms with van der Waals surface area (Å²) >= 11 is 0. The summed E-state index contributed by atoms with van der Waals surface area (Å²) in [5.74, 6) is 0. The van der Waals surface area contributed by atoms with E-state index in [0.29, 0.717) is 19.2 Å². The molecule has 0 saturated carbocycles. The Kier molecular flexibility index (Phi) is 4.59. The maximum atomic E-state index is 5.47. The molecule has 14 heavy (non-hydrogen) atoms. The molecule has 0 aliphatic carbocycles. The van der Waals surface area contributed by atoms with Gasteiger partial charge in [-0.05, 0) is 18.1 Å². The van der Waals surface area contributed by atoms with Crippen LogP contribution in [0.2, 0.25) is 0 Å². The van der Waals surface area contributed by atoms with E-state index >= 15 is 0 Å². The third kappa shape index (κ3) is 3.87. The number of rotatable bonds is 2. The fraction of sp³-hybridized carbons (Fsp3) is 0.455. The molecule has 78 valence electrons. The van der Waals surface area contributed by atoms with Gasteiger partial charge in [0, 0.05) is 13.1 Å². The maximum absolute atomic E-state index is 5.47. The molecule has 0 radical (unpaired) electrons. The molecule has 0 bridgehead atoms. The zero-order chi connectivity index (χ0) is 10.4. The first-order valence-corrected chi connectivity index (χ1v) is 4.86. The minimum atomic E-state index is 0.577. The number of benzene rings is 1. The lowest BCUT2D eigenvalue weighted by Gasteiger charge is -2.02. The van der Waals surface area contributed by atoms with Crippen molar-refractivity contribution in [2.75, 3.05) is 6.61 Å². The van der Waals surface area contributed by atoms with Crippen LogP contribution in [-0.2, 0) is 17.8 Å². The SMILES string of the molecule is CC1CO1.NCc1ccccc1CN. The van der Waals surface area contributed by atoms with Crippen LogP contribution in [-0.4, -0.2) is 12.7 Å². The summed E-state index contributed by atoms with van der Waals surface area (Å²) in [5, 5.41) is 0. The lowest BCUT2D eigenvalue weighted by Crippen LogP contribution is -2.05. The standard InChI is InChI=1S/C8H12N2.C3H6O/c9-5-7-3-1-2-4-8(7)6-10;1-3-2-4-3/h1-4H,5-6,9-10H2;3H,2H2,1H3. The van der Waals surface area contributed by atoms with Gasteiger partial charge in [-0.3, -0.25) is 0 Å². The van der Waals surface area contributed by atoms with Crippen molar-refractivity contribution < 1.29 is 4.74 Å². The molecule has 1 atom stereocenters. The number of epoxide rings is 1. The molecule has 0 spiro atoms. The van der Waals surface area contributed by atoms with Gasteiger partial charge in [0.05, 0.1) is 12.7 Å². The highest BCUT2D eigenvalue weighted by molar-refractivity contribution is 5.26. The second-order valence-electron chi connectivity index (χ2n) is 3.32. The third-order valence-corrected chi connectivity index (χ3v) is 2.06. The maximum Gasteiger partial charge on any atom is 0.0781 e. The van der Waals surface area contributed by atoms with Gasteiger partial charge in [0.15, 0.2) is 0 Å². The van der Waals surface area contributed by atoms with Crippen molar-refractivity contribution in [3.05, 3.63) is 35.4 Å². The Labute approximate surface area is 85.0 Å². The van der Waals surface area contributed by atoms with Crippen LogP contribution in [0.15, 0.2) is 24.3 Å². The first-order valence-electron chi connectivity index (χ1n) is 4.86. The predicted octanol–water partition coefficient (Wildman–Crippen LogP) is 1.01. The molecule has 1 aliphatic heterocycles. The molecular formula is C11H18N2O. The minimum Gasteiger partial charge on any atom is -0.373 e. The summed E-state index contributed by atoms with van der Waals surface area (Å²) in [6.45, 7) is 4.20. The molecule has 3 nitrogen and oxygen atoms in total. The Balaban J connectivity index is 0.000000203. The smallest absolute Gasteiger partial charge is 0.0781 e. The molecule has 1 aliphatic rings. The highest BCUT2D eigenvalue weighted by Crippen LogP contribution is 2.05. The normalized spacial score (nSPS) is 18.4. The van der Waals surface area contributed by atoms with Gasteiger partial charge < -0.3 is 16.2 Å². The summed E-state index contributed by atoms with van der Waals surface area (Å²) in [7, 11) is 0. The van der Waals surface area contributed by atoms with Crippen molar-refractivity contribution in [1.82, 2.24) is 0 Å². The van der Waals surface area contributed by atoms with Crippen molar-refractivity contribution in [1.29, 1.82) is 0 Å². The lowest BCUT2D eigenvalue weighted by atomic mass is 10.1. The molecule has 1 saturated heterocycles. The van der Waals surface area contributed by atoms with E-state index in [9.17, 15) is 0 Å². The van der Waals surface area contributed by atoms with Crippen LogP contribution in [0, 0.1) is 0 Å². The van der Waals surface area contributed by atoms with E-state index in [2.05, 4.69) is 6.92 Å². The Morgan fingerprint density at radius 3 is 1.79 bits per heavy atom. The quantitative estimate of drug-likeness (QED) is 0.690. The topological polar surface area (TPSA) is 64.6 Å². The average molecular weight is 194 g/mol. The molecule has 1 unspecified atom stereocenters. The van der Waals surface area contributed by atoms with Crippen molar-refractivity contribution >= 4 is 0 Å². The molecule has 2 rings (SSSR count). The summed E-state index contributed by atoms with van der Waals surface area (Å²) in [5.41, 5.74) is 13.2. The molecule has 0 aromatic heterocycles. The van der Waals surface area contributed by atoms with Gasteiger partial charge in [-0.25, -0.2) is 0 Å². The van der Waals surface area contributed by atoms with Gasteiger partial charge in [-0.2, -0.15) is 0 Å². The van der Waals surface area contributed by atoms with E-state index in [1.54, 1.807) is 0 Å². The molecule has 1 aromatic rings. The van der Waals surface area contributed by atoms with Crippen LogP contribution < -0.4 is 11.5 Å². The van der Waals surface area contributed by atoms with Crippen LogP contribution in [0.25, 0.3) is 0 Å². The fourth-order valence-electron chi connectivity index (χ4n) is 1.05. The number of hydrogen-bond donors (Lipinski definition) is 2. The van der Waals surface area contributed by atoms with E-state index in [0.717, 1.165) is 17.7 Å². The summed E-state index contributed by atoms with van der Waals surface area (Å²) in [6.07, 6.45) is 0.583. The van der Waals surface area contributed by atoms with Gasteiger partial charge in [-0.1, -0.05) is 24.3 Å².